The van der Waals surface area contributed by atoms with Crippen LogP contribution in [0.5, 0.6) is 0 Å². The molecular formula is C13H19FN2O2S. The van der Waals surface area contributed by atoms with E-state index in [1.807, 2.05) is 6.92 Å². The number of hydrogen-bond acceptors (Lipinski definition) is 3. The highest BCUT2D eigenvalue weighted by molar-refractivity contribution is 7.88. The molecule has 2 unspecified atom stereocenters. The third kappa shape index (κ3) is 4.26. The zero-order valence-electron chi connectivity index (χ0n) is 10.9. The Morgan fingerprint density at radius 2 is 2.05 bits per heavy atom. The van der Waals surface area contributed by atoms with Gasteiger partial charge >= 0.3 is 0 Å². The zero-order valence-corrected chi connectivity index (χ0v) is 11.7. The van der Waals surface area contributed by atoms with E-state index >= 15 is 0 Å². The molecule has 2 N–H and O–H groups in total. The average molecular weight is 286 g/mol. The van der Waals surface area contributed by atoms with E-state index in [9.17, 15) is 12.8 Å². The van der Waals surface area contributed by atoms with Crippen molar-refractivity contribution in [1.82, 2.24) is 10.0 Å². The fourth-order valence-corrected chi connectivity index (χ4v) is 3.71. The molecule has 0 bridgehead atoms. The number of hydrogen-bond donors (Lipinski definition) is 2. The first-order valence-corrected chi connectivity index (χ1v) is 8.07. The summed E-state index contributed by atoms with van der Waals surface area (Å²) in [6.07, 6.45) is 0.962. The molecule has 1 aromatic rings. The van der Waals surface area contributed by atoms with Gasteiger partial charge in [-0.15, -0.1) is 0 Å². The third-order valence-corrected chi connectivity index (χ3v) is 4.80. The smallest absolute Gasteiger partial charge is 0.216 e. The predicted octanol–water partition coefficient (Wildman–Crippen LogP) is 1.24. The lowest BCUT2D eigenvalue weighted by molar-refractivity contribution is 0.327. The molecule has 106 valence electrons. The number of halogens is 1. The molecule has 1 heterocycles. The maximum Gasteiger partial charge on any atom is 0.216 e. The fourth-order valence-electron chi connectivity index (χ4n) is 2.22. The van der Waals surface area contributed by atoms with E-state index in [4.69, 9.17) is 0 Å². The minimum absolute atomic E-state index is 0.0702. The van der Waals surface area contributed by atoms with E-state index in [2.05, 4.69) is 10.0 Å². The van der Waals surface area contributed by atoms with E-state index in [0.29, 0.717) is 18.0 Å². The topological polar surface area (TPSA) is 58.2 Å². The summed E-state index contributed by atoms with van der Waals surface area (Å²) in [7, 11) is -3.39. The van der Waals surface area contributed by atoms with Gasteiger partial charge < -0.3 is 5.32 Å². The second-order valence-electron chi connectivity index (χ2n) is 5.08. The molecule has 1 aliphatic rings. The predicted molar refractivity (Wildman–Crippen MR) is 72.6 cm³/mol. The van der Waals surface area contributed by atoms with Gasteiger partial charge in [0.15, 0.2) is 0 Å². The van der Waals surface area contributed by atoms with Gasteiger partial charge in [-0.2, -0.15) is 0 Å². The Hall–Kier alpha value is -0.980. The van der Waals surface area contributed by atoms with Gasteiger partial charge in [-0.3, -0.25) is 0 Å². The molecule has 0 aromatic heterocycles. The minimum Gasteiger partial charge on any atom is -0.315 e. The van der Waals surface area contributed by atoms with Gasteiger partial charge in [-0.05, 0) is 36.6 Å². The number of benzene rings is 1. The molecule has 1 aromatic carbocycles. The molecule has 0 amide bonds. The molecule has 1 saturated heterocycles. The van der Waals surface area contributed by atoms with E-state index in [0.717, 1.165) is 13.0 Å². The standard InChI is InChI=1S/C13H19FN2O2S/c1-10-6-7-15-8-13(10)16-19(17,18)9-11-2-4-12(14)5-3-11/h2-5,10,13,15-16H,6-9H2,1H3. The van der Waals surface area contributed by atoms with Gasteiger partial charge in [0.25, 0.3) is 0 Å². The van der Waals surface area contributed by atoms with Crippen LogP contribution in [0.1, 0.15) is 18.9 Å². The summed E-state index contributed by atoms with van der Waals surface area (Å²) in [5.41, 5.74) is 0.588. The molecule has 1 fully saturated rings. The normalized spacial score (nSPS) is 24.3. The zero-order chi connectivity index (χ0) is 13.9. The van der Waals surface area contributed by atoms with Crippen LogP contribution >= 0.6 is 0 Å². The summed E-state index contributed by atoms with van der Waals surface area (Å²) in [5.74, 6) is -0.153. The van der Waals surface area contributed by atoms with Gasteiger partial charge in [0.05, 0.1) is 5.75 Å². The van der Waals surface area contributed by atoms with Crippen molar-refractivity contribution >= 4 is 10.0 Å². The quantitative estimate of drug-likeness (QED) is 0.875. The van der Waals surface area contributed by atoms with Crippen molar-refractivity contribution in [2.24, 2.45) is 5.92 Å². The van der Waals surface area contributed by atoms with Crippen molar-refractivity contribution in [3.05, 3.63) is 35.6 Å². The maximum absolute atomic E-state index is 12.8. The highest BCUT2D eigenvalue weighted by Crippen LogP contribution is 2.14. The van der Waals surface area contributed by atoms with E-state index in [1.54, 1.807) is 0 Å². The molecule has 1 aliphatic heterocycles. The molecule has 0 saturated carbocycles. The van der Waals surface area contributed by atoms with Crippen LogP contribution in [0.25, 0.3) is 0 Å². The Morgan fingerprint density at radius 3 is 2.68 bits per heavy atom. The number of nitrogens with one attached hydrogen (secondary N) is 2. The van der Waals surface area contributed by atoms with Crippen LogP contribution in [0, 0.1) is 11.7 Å². The number of rotatable bonds is 4. The van der Waals surface area contributed by atoms with Gasteiger partial charge in [0, 0.05) is 12.6 Å². The van der Waals surface area contributed by atoms with Crippen LogP contribution in [-0.2, 0) is 15.8 Å². The van der Waals surface area contributed by atoms with Crippen LogP contribution in [-0.4, -0.2) is 27.5 Å². The second kappa shape index (κ2) is 5.98. The Morgan fingerprint density at radius 1 is 1.37 bits per heavy atom. The van der Waals surface area contributed by atoms with Gasteiger partial charge in [0.1, 0.15) is 5.82 Å². The van der Waals surface area contributed by atoms with Crippen LogP contribution in [0.3, 0.4) is 0 Å². The molecule has 2 rings (SSSR count). The monoisotopic (exact) mass is 286 g/mol. The molecule has 4 nitrogen and oxygen atoms in total. The Kier molecular flexibility index (Phi) is 4.54. The minimum atomic E-state index is -3.39. The maximum atomic E-state index is 12.8. The summed E-state index contributed by atoms with van der Waals surface area (Å²) in [6.45, 7) is 3.63. The molecular weight excluding hydrogens is 267 g/mol. The molecule has 0 radical (unpaired) electrons. The van der Waals surface area contributed by atoms with E-state index in [-0.39, 0.29) is 17.6 Å². The Balaban J connectivity index is 2.00. The highest BCUT2D eigenvalue weighted by Gasteiger charge is 2.25. The average Bonchev–Trinajstić information content (AvgIpc) is 2.35. The molecule has 0 spiro atoms. The van der Waals surface area contributed by atoms with Crippen molar-refractivity contribution in [3.63, 3.8) is 0 Å². The van der Waals surface area contributed by atoms with Crippen molar-refractivity contribution in [2.75, 3.05) is 13.1 Å². The Labute approximate surface area is 113 Å². The first-order valence-electron chi connectivity index (χ1n) is 6.41. The van der Waals surface area contributed by atoms with Crippen molar-refractivity contribution in [3.8, 4) is 0 Å². The van der Waals surface area contributed by atoms with E-state index in [1.165, 1.54) is 24.3 Å². The highest BCUT2D eigenvalue weighted by atomic mass is 32.2. The SMILES string of the molecule is CC1CCNCC1NS(=O)(=O)Cc1ccc(F)cc1. The summed E-state index contributed by atoms with van der Waals surface area (Å²) in [5, 5.41) is 3.18. The number of sulfonamides is 1. The van der Waals surface area contributed by atoms with Gasteiger partial charge in [-0.25, -0.2) is 17.5 Å². The lowest BCUT2D eigenvalue weighted by Crippen LogP contribution is -2.50. The van der Waals surface area contributed by atoms with Crippen molar-refractivity contribution in [2.45, 2.75) is 25.1 Å². The fraction of sp³-hybridized carbons (Fsp3) is 0.538. The molecule has 19 heavy (non-hydrogen) atoms. The summed E-state index contributed by atoms with van der Waals surface area (Å²) < 4.78 is 39.6. The third-order valence-electron chi connectivity index (χ3n) is 3.43. The van der Waals surface area contributed by atoms with E-state index < -0.39 is 10.0 Å². The van der Waals surface area contributed by atoms with Crippen molar-refractivity contribution < 1.29 is 12.8 Å². The second-order valence-corrected chi connectivity index (χ2v) is 6.83. The van der Waals surface area contributed by atoms with Crippen LogP contribution < -0.4 is 10.0 Å². The van der Waals surface area contributed by atoms with Crippen LogP contribution in [0.2, 0.25) is 0 Å². The largest absolute Gasteiger partial charge is 0.315 e. The first-order chi connectivity index (χ1) is 8.96. The molecule has 2 atom stereocenters. The van der Waals surface area contributed by atoms with Crippen molar-refractivity contribution in [1.29, 1.82) is 0 Å². The lowest BCUT2D eigenvalue weighted by atomic mass is 9.96. The molecule has 0 aliphatic carbocycles. The molecule has 6 heteroatoms. The summed E-state index contributed by atoms with van der Waals surface area (Å²) in [6, 6.07) is 5.47. The first kappa shape index (κ1) is 14.4. The van der Waals surface area contributed by atoms with Crippen LogP contribution in [0.15, 0.2) is 24.3 Å². The van der Waals surface area contributed by atoms with Gasteiger partial charge in [0.2, 0.25) is 10.0 Å². The van der Waals surface area contributed by atoms with Gasteiger partial charge in [-0.1, -0.05) is 19.1 Å². The lowest BCUT2D eigenvalue weighted by Gasteiger charge is -2.29. The summed E-state index contributed by atoms with van der Waals surface area (Å²) >= 11 is 0. The number of piperidine rings is 1. The Bertz CT molecular complexity index is 516. The van der Waals surface area contributed by atoms with Crippen LogP contribution in [0.4, 0.5) is 4.39 Å². The summed E-state index contributed by atoms with van der Waals surface area (Å²) in [4.78, 5) is 0.